The van der Waals surface area contributed by atoms with Gasteiger partial charge in [-0.25, -0.2) is 4.79 Å². The van der Waals surface area contributed by atoms with E-state index in [2.05, 4.69) is 4.90 Å². The van der Waals surface area contributed by atoms with Crippen LogP contribution in [0.15, 0.2) is 71.7 Å². The summed E-state index contributed by atoms with van der Waals surface area (Å²) >= 11 is 12.7. The molecule has 6 rings (SSSR count). The number of benzene rings is 3. The number of halogens is 5. The Bertz CT molecular complexity index is 1660. The second-order valence-corrected chi connectivity index (χ2v) is 13.6. The number of hydrogen-bond acceptors (Lipinski definition) is 5. The second-order valence-electron chi connectivity index (χ2n) is 12.7. The number of nitrogens with zero attached hydrogens (tertiary/aromatic N) is 4. The Balaban J connectivity index is 1.51. The van der Waals surface area contributed by atoms with Gasteiger partial charge in [0.2, 0.25) is 0 Å². The molecule has 0 radical (unpaired) electrons. The minimum atomic E-state index is -4.59. The normalized spacial score (nSPS) is 24.1. The topological polar surface area (TPSA) is 57.6 Å². The lowest BCUT2D eigenvalue weighted by molar-refractivity contribution is -0.137. The van der Waals surface area contributed by atoms with Crippen molar-refractivity contribution in [2.75, 3.05) is 46.0 Å². The zero-order valence-electron chi connectivity index (χ0n) is 27.2. The molecule has 2 fully saturated rings. The molecule has 0 spiro atoms. The number of morpholine rings is 1. The Morgan fingerprint density at radius 2 is 1.50 bits per heavy atom. The SMILES string of the molecule is CCOc1cc(C(F)(F)F)ccc1C1=N[C@@](C)(c2ccc(Cl)cc2)[C@](C)(c2ccc(Cl)cc2)N1C(=O)N1CCC(N2CCOCC2)CC1. The Labute approximate surface area is 289 Å². The molecule has 0 aliphatic carbocycles. The first-order chi connectivity index (χ1) is 22.9. The Hall–Kier alpha value is -3.31. The third kappa shape index (κ3) is 6.28. The molecule has 0 N–H and O–H groups in total. The molecule has 2 amide bonds. The highest BCUT2D eigenvalue weighted by Gasteiger charge is 2.60. The van der Waals surface area contributed by atoms with Gasteiger partial charge >= 0.3 is 12.2 Å². The summed E-state index contributed by atoms with van der Waals surface area (Å²) in [5, 5.41) is 1.06. The van der Waals surface area contributed by atoms with E-state index in [1.165, 1.54) is 6.07 Å². The van der Waals surface area contributed by atoms with Gasteiger partial charge in [-0.1, -0.05) is 47.5 Å². The summed E-state index contributed by atoms with van der Waals surface area (Å²) in [6.07, 6.45) is -3.00. The van der Waals surface area contributed by atoms with E-state index in [-0.39, 0.29) is 24.2 Å². The van der Waals surface area contributed by atoms with Gasteiger partial charge in [-0.2, -0.15) is 13.2 Å². The molecule has 48 heavy (non-hydrogen) atoms. The third-order valence-corrected chi connectivity index (χ3v) is 10.6. The van der Waals surface area contributed by atoms with Crippen molar-refractivity contribution >= 4 is 35.1 Å². The summed E-state index contributed by atoms with van der Waals surface area (Å²) in [6.45, 7) is 9.88. The van der Waals surface area contributed by atoms with Gasteiger partial charge in [0, 0.05) is 42.3 Å². The fourth-order valence-electron chi connectivity index (χ4n) is 7.23. The van der Waals surface area contributed by atoms with Crippen LogP contribution < -0.4 is 4.74 Å². The summed E-state index contributed by atoms with van der Waals surface area (Å²) in [7, 11) is 0. The number of amides is 2. The number of likely N-dealkylation sites (tertiary alicyclic amines) is 1. The molecular formula is C36H39Cl2F3N4O3. The number of alkyl halides is 3. The van der Waals surface area contributed by atoms with Crippen molar-refractivity contribution in [3.05, 3.63) is 99.0 Å². The van der Waals surface area contributed by atoms with E-state index in [9.17, 15) is 13.2 Å². The molecule has 0 bridgehead atoms. The number of aliphatic imine (C=N–C) groups is 1. The average molecular weight is 704 g/mol. The van der Waals surface area contributed by atoms with Crippen molar-refractivity contribution < 1.29 is 27.4 Å². The highest BCUT2D eigenvalue weighted by atomic mass is 35.5. The highest BCUT2D eigenvalue weighted by Crippen LogP contribution is 2.54. The van der Waals surface area contributed by atoms with Crippen molar-refractivity contribution in [3.8, 4) is 5.75 Å². The first-order valence-electron chi connectivity index (χ1n) is 16.2. The van der Waals surface area contributed by atoms with Gasteiger partial charge in [0.05, 0.1) is 30.9 Å². The van der Waals surface area contributed by atoms with E-state index < -0.39 is 22.8 Å². The number of carbonyl (C=O) groups excluding carboxylic acids is 1. The highest BCUT2D eigenvalue weighted by molar-refractivity contribution is 6.30. The standard InChI is InChI=1S/C36H39Cl2F3N4O3/c1-4-48-31-23-26(36(39,40)41)9-14-30(31)32-42-34(2,24-5-10-27(37)11-6-24)35(3,25-7-12-28(38)13-8-25)45(32)33(46)44-17-15-29(16-18-44)43-19-21-47-22-20-43/h5-14,23,29H,4,15-22H2,1-3H3/t34-,35-/m0/s1. The summed E-state index contributed by atoms with van der Waals surface area (Å²) in [4.78, 5) is 26.3. The van der Waals surface area contributed by atoms with Crippen LogP contribution in [-0.4, -0.2) is 78.6 Å². The van der Waals surface area contributed by atoms with Gasteiger partial charge in [-0.05, 0) is 87.2 Å². The third-order valence-electron chi connectivity index (χ3n) is 10.1. The van der Waals surface area contributed by atoms with Gasteiger partial charge in [0.15, 0.2) is 0 Å². The number of piperidine rings is 1. The first kappa shape index (κ1) is 34.5. The van der Waals surface area contributed by atoms with Crippen LogP contribution in [0.1, 0.15) is 55.9 Å². The molecule has 3 aromatic carbocycles. The first-order valence-corrected chi connectivity index (χ1v) is 17.0. The quantitative estimate of drug-likeness (QED) is 0.260. The molecule has 2 atom stereocenters. The maximum absolute atomic E-state index is 15.1. The van der Waals surface area contributed by atoms with E-state index in [4.69, 9.17) is 37.7 Å². The summed E-state index contributed by atoms with van der Waals surface area (Å²) in [6, 6.07) is 18.0. The summed E-state index contributed by atoms with van der Waals surface area (Å²) in [5.74, 6) is 0.219. The van der Waals surface area contributed by atoms with Crippen molar-refractivity contribution in [1.82, 2.24) is 14.7 Å². The average Bonchev–Trinajstić information content (AvgIpc) is 3.33. The van der Waals surface area contributed by atoms with E-state index in [0.717, 1.165) is 49.2 Å². The van der Waals surface area contributed by atoms with Crippen LogP contribution in [0.2, 0.25) is 10.0 Å². The van der Waals surface area contributed by atoms with Crippen molar-refractivity contribution in [1.29, 1.82) is 0 Å². The Morgan fingerprint density at radius 3 is 2.06 bits per heavy atom. The lowest BCUT2D eigenvalue weighted by atomic mass is 9.71. The van der Waals surface area contributed by atoms with Crippen LogP contribution >= 0.6 is 23.2 Å². The van der Waals surface area contributed by atoms with Gasteiger partial charge in [-0.15, -0.1) is 0 Å². The van der Waals surface area contributed by atoms with Crippen LogP contribution in [0.5, 0.6) is 5.75 Å². The molecule has 3 heterocycles. The van der Waals surface area contributed by atoms with Crippen LogP contribution in [-0.2, 0) is 22.0 Å². The molecule has 0 saturated carbocycles. The van der Waals surface area contributed by atoms with Crippen molar-refractivity contribution in [2.24, 2.45) is 4.99 Å². The second kappa shape index (κ2) is 13.5. The minimum absolute atomic E-state index is 0.00582. The number of amidine groups is 1. The number of carbonyl (C=O) groups is 1. The van der Waals surface area contributed by atoms with Crippen molar-refractivity contribution in [2.45, 2.75) is 56.9 Å². The summed E-state index contributed by atoms with van der Waals surface area (Å²) in [5.41, 5.74) is -1.31. The smallest absolute Gasteiger partial charge is 0.416 e. The predicted molar refractivity (Wildman–Crippen MR) is 181 cm³/mol. The van der Waals surface area contributed by atoms with Crippen LogP contribution in [0.4, 0.5) is 18.0 Å². The molecular weight excluding hydrogens is 664 g/mol. The van der Waals surface area contributed by atoms with Crippen LogP contribution in [0, 0.1) is 0 Å². The zero-order chi connectivity index (χ0) is 34.3. The van der Waals surface area contributed by atoms with E-state index in [1.54, 1.807) is 36.1 Å². The van der Waals surface area contributed by atoms with E-state index in [0.29, 0.717) is 48.0 Å². The van der Waals surface area contributed by atoms with E-state index >= 15 is 4.79 Å². The van der Waals surface area contributed by atoms with Gasteiger partial charge in [-0.3, -0.25) is 14.8 Å². The fraction of sp³-hybridized carbons (Fsp3) is 0.444. The molecule has 256 valence electrons. The molecule has 3 aromatic rings. The number of urea groups is 1. The molecule has 3 aliphatic rings. The lowest BCUT2D eigenvalue weighted by Gasteiger charge is -2.48. The van der Waals surface area contributed by atoms with Gasteiger partial charge < -0.3 is 14.4 Å². The Morgan fingerprint density at radius 1 is 0.917 bits per heavy atom. The fourth-order valence-corrected chi connectivity index (χ4v) is 7.48. The van der Waals surface area contributed by atoms with Crippen molar-refractivity contribution in [3.63, 3.8) is 0 Å². The summed E-state index contributed by atoms with van der Waals surface area (Å²) < 4.78 is 53.1. The van der Waals surface area contributed by atoms with Gasteiger partial charge in [0.25, 0.3) is 0 Å². The minimum Gasteiger partial charge on any atom is -0.493 e. The largest absolute Gasteiger partial charge is 0.493 e. The monoisotopic (exact) mass is 702 g/mol. The van der Waals surface area contributed by atoms with E-state index in [1.807, 2.05) is 43.0 Å². The molecule has 0 unspecified atom stereocenters. The zero-order valence-corrected chi connectivity index (χ0v) is 28.7. The maximum atomic E-state index is 15.1. The number of rotatable bonds is 6. The molecule has 2 saturated heterocycles. The number of hydrogen-bond donors (Lipinski definition) is 0. The maximum Gasteiger partial charge on any atom is 0.416 e. The molecule has 3 aliphatic heterocycles. The lowest BCUT2D eigenvalue weighted by Crippen LogP contribution is -2.60. The number of ether oxygens (including phenoxy) is 2. The van der Waals surface area contributed by atoms with Crippen LogP contribution in [0.3, 0.4) is 0 Å². The van der Waals surface area contributed by atoms with Crippen LogP contribution in [0.25, 0.3) is 0 Å². The van der Waals surface area contributed by atoms with Gasteiger partial charge in [0.1, 0.15) is 22.7 Å². The Kier molecular flexibility index (Phi) is 9.74. The molecule has 7 nitrogen and oxygen atoms in total. The molecule has 12 heteroatoms. The predicted octanol–water partition coefficient (Wildman–Crippen LogP) is 8.22. The molecule has 0 aromatic heterocycles.